The van der Waals surface area contributed by atoms with E-state index in [1.54, 1.807) is 14.2 Å². The maximum Gasteiger partial charge on any atom is 0.142 e. The Morgan fingerprint density at radius 2 is 1.80 bits per heavy atom. The van der Waals surface area contributed by atoms with Crippen LogP contribution in [0.1, 0.15) is 5.56 Å². The molecule has 4 heteroatoms. The Balaban J connectivity index is 3.22. The fourth-order valence-electron chi connectivity index (χ4n) is 1.40. The van der Waals surface area contributed by atoms with E-state index in [9.17, 15) is 0 Å². The lowest BCUT2D eigenvalue weighted by molar-refractivity contribution is 0.401. The predicted molar refractivity (Wildman–Crippen MR) is 66.5 cm³/mol. The van der Waals surface area contributed by atoms with Gasteiger partial charge in [0, 0.05) is 13.1 Å². The molecule has 0 unspecified atom stereocenters. The van der Waals surface area contributed by atoms with Crippen LogP contribution >= 0.6 is 15.9 Å². The minimum atomic E-state index is 0.746. The van der Waals surface area contributed by atoms with E-state index < -0.39 is 0 Å². The molecular formula is C11H16BrNO2. The van der Waals surface area contributed by atoms with Gasteiger partial charge in [-0.3, -0.25) is 0 Å². The smallest absolute Gasteiger partial charge is 0.142 e. The Bertz CT molecular complexity index is 342. The lowest BCUT2D eigenvalue weighted by Gasteiger charge is -2.20. The summed E-state index contributed by atoms with van der Waals surface area (Å²) in [5.74, 6) is 1.73. The van der Waals surface area contributed by atoms with Gasteiger partial charge in [0.25, 0.3) is 0 Å². The lowest BCUT2D eigenvalue weighted by atomic mass is 10.1. The first-order valence-corrected chi connectivity index (χ1v) is 5.76. The summed E-state index contributed by atoms with van der Waals surface area (Å²) in [5, 5.41) is 0. The highest BCUT2D eigenvalue weighted by Gasteiger charge is 2.11. The molecule has 0 radical (unpaired) electrons. The second-order valence-electron chi connectivity index (χ2n) is 3.31. The average molecular weight is 274 g/mol. The van der Waals surface area contributed by atoms with Crippen molar-refractivity contribution in [1.29, 1.82) is 0 Å². The minimum Gasteiger partial charge on any atom is -0.496 e. The van der Waals surface area contributed by atoms with E-state index in [0.29, 0.717) is 0 Å². The van der Waals surface area contributed by atoms with Gasteiger partial charge in [-0.1, -0.05) is 15.9 Å². The zero-order valence-corrected chi connectivity index (χ0v) is 11.1. The van der Waals surface area contributed by atoms with Crippen LogP contribution in [0.2, 0.25) is 0 Å². The first-order chi connectivity index (χ1) is 7.13. The van der Waals surface area contributed by atoms with Gasteiger partial charge in [-0.2, -0.15) is 0 Å². The maximum atomic E-state index is 5.33. The predicted octanol–water partition coefficient (Wildman–Crippen LogP) is 2.80. The molecule has 0 atom stereocenters. The molecule has 0 bridgehead atoms. The normalized spacial score (nSPS) is 9.93. The quantitative estimate of drug-likeness (QED) is 0.622. The molecule has 0 aromatic heterocycles. The lowest BCUT2D eigenvalue weighted by Crippen LogP contribution is -2.15. The number of benzene rings is 1. The highest BCUT2D eigenvalue weighted by molar-refractivity contribution is 9.09. The summed E-state index contributed by atoms with van der Waals surface area (Å²) >= 11 is 3.41. The van der Waals surface area contributed by atoms with Crippen molar-refractivity contribution in [2.75, 3.05) is 31.6 Å². The maximum absolute atomic E-state index is 5.33. The molecule has 0 saturated carbocycles. The molecule has 0 amide bonds. The van der Waals surface area contributed by atoms with Crippen LogP contribution in [0, 0.1) is 6.92 Å². The van der Waals surface area contributed by atoms with Gasteiger partial charge < -0.3 is 14.4 Å². The number of aryl methyl sites for hydroxylation is 1. The van der Waals surface area contributed by atoms with Crippen molar-refractivity contribution >= 4 is 21.6 Å². The van der Waals surface area contributed by atoms with E-state index in [4.69, 9.17) is 9.47 Å². The van der Waals surface area contributed by atoms with Crippen LogP contribution in [0.25, 0.3) is 0 Å². The molecule has 0 N–H and O–H groups in total. The van der Waals surface area contributed by atoms with Crippen molar-refractivity contribution in [3.05, 3.63) is 17.7 Å². The molecule has 15 heavy (non-hydrogen) atoms. The molecule has 0 heterocycles. The summed E-state index contributed by atoms with van der Waals surface area (Å²) < 4.78 is 10.6. The number of halogens is 1. The van der Waals surface area contributed by atoms with Gasteiger partial charge in [0.2, 0.25) is 0 Å². The third-order valence-electron chi connectivity index (χ3n) is 2.29. The zero-order valence-electron chi connectivity index (χ0n) is 9.50. The Hall–Kier alpha value is -0.900. The van der Waals surface area contributed by atoms with E-state index in [0.717, 1.165) is 28.2 Å². The molecule has 3 nitrogen and oxygen atoms in total. The second-order valence-corrected chi connectivity index (χ2v) is 3.81. The van der Waals surface area contributed by atoms with E-state index in [-0.39, 0.29) is 0 Å². The third-order valence-corrected chi connectivity index (χ3v) is 3.04. The van der Waals surface area contributed by atoms with Crippen LogP contribution in [0.4, 0.5) is 5.69 Å². The standard InChI is InChI=1S/C11H16BrNO2/c1-8-5-11(15-4)9(13(2)7-12)6-10(8)14-3/h5-6H,7H2,1-4H3. The van der Waals surface area contributed by atoms with E-state index in [1.165, 1.54) is 0 Å². The summed E-state index contributed by atoms with van der Waals surface area (Å²) in [7, 11) is 5.33. The number of rotatable bonds is 4. The monoisotopic (exact) mass is 273 g/mol. The van der Waals surface area contributed by atoms with Crippen LogP contribution in [-0.2, 0) is 0 Å². The molecule has 0 aliphatic heterocycles. The summed E-state index contributed by atoms with van der Waals surface area (Å²) in [5.41, 5.74) is 2.83. The van der Waals surface area contributed by atoms with Crippen LogP contribution in [0.3, 0.4) is 0 Å². The molecule has 1 aromatic carbocycles. The van der Waals surface area contributed by atoms with Crippen LogP contribution < -0.4 is 14.4 Å². The van der Waals surface area contributed by atoms with E-state index in [2.05, 4.69) is 15.9 Å². The van der Waals surface area contributed by atoms with Crippen molar-refractivity contribution in [3.63, 3.8) is 0 Å². The van der Waals surface area contributed by atoms with Crippen molar-refractivity contribution in [1.82, 2.24) is 0 Å². The van der Waals surface area contributed by atoms with Gasteiger partial charge in [0.15, 0.2) is 0 Å². The van der Waals surface area contributed by atoms with Gasteiger partial charge in [-0.15, -0.1) is 0 Å². The zero-order chi connectivity index (χ0) is 11.4. The Morgan fingerprint density at radius 3 is 2.27 bits per heavy atom. The highest BCUT2D eigenvalue weighted by Crippen LogP contribution is 2.34. The summed E-state index contributed by atoms with van der Waals surface area (Å²) in [4.78, 5) is 2.04. The van der Waals surface area contributed by atoms with Crippen molar-refractivity contribution in [2.24, 2.45) is 0 Å². The fraction of sp³-hybridized carbons (Fsp3) is 0.455. The van der Waals surface area contributed by atoms with Gasteiger partial charge in [-0.05, 0) is 18.6 Å². The van der Waals surface area contributed by atoms with Crippen LogP contribution in [-0.4, -0.2) is 26.7 Å². The van der Waals surface area contributed by atoms with Gasteiger partial charge in [0.1, 0.15) is 11.5 Å². The molecule has 1 aromatic rings. The molecule has 0 aliphatic carbocycles. The summed E-state index contributed by atoms with van der Waals surface area (Å²) in [6, 6.07) is 3.96. The number of anilines is 1. The Kier molecular flexibility index (Phi) is 4.27. The Labute approximate surface area is 99.1 Å². The topological polar surface area (TPSA) is 21.7 Å². The van der Waals surface area contributed by atoms with E-state index in [1.807, 2.05) is 31.0 Å². The summed E-state index contributed by atoms with van der Waals surface area (Å²) in [6.07, 6.45) is 0. The van der Waals surface area contributed by atoms with Crippen molar-refractivity contribution in [3.8, 4) is 11.5 Å². The van der Waals surface area contributed by atoms with Gasteiger partial charge in [-0.25, -0.2) is 0 Å². The van der Waals surface area contributed by atoms with E-state index >= 15 is 0 Å². The molecule has 0 saturated heterocycles. The number of hydrogen-bond donors (Lipinski definition) is 0. The number of ether oxygens (including phenoxy) is 2. The minimum absolute atomic E-state index is 0.746. The molecule has 1 rings (SSSR count). The fourth-order valence-corrected chi connectivity index (χ4v) is 1.67. The third kappa shape index (κ3) is 2.56. The molecular weight excluding hydrogens is 258 g/mol. The number of alkyl halides is 1. The SMILES string of the molecule is COc1cc(N(C)CBr)c(OC)cc1C. The van der Waals surface area contributed by atoms with Crippen molar-refractivity contribution in [2.45, 2.75) is 6.92 Å². The van der Waals surface area contributed by atoms with Crippen molar-refractivity contribution < 1.29 is 9.47 Å². The first-order valence-electron chi connectivity index (χ1n) is 4.63. The van der Waals surface area contributed by atoms with Gasteiger partial charge in [0.05, 0.1) is 25.4 Å². The van der Waals surface area contributed by atoms with Gasteiger partial charge >= 0.3 is 0 Å². The average Bonchev–Trinajstić information content (AvgIpc) is 2.27. The number of nitrogens with zero attached hydrogens (tertiary/aromatic N) is 1. The molecule has 0 aliphatic rings. The van der Waals surface area contributed by atoms with Crippen LogP contribution in [0.15, 0.2) is 12.1 Å². The molecule has 0 fully saturated rings. The summed E-state index contributed by atoms with van der Waals surface area (Å²) in [6.45, 7) is 2.00. The largest absolute Gasteiger partial charge is 0.496 e. The Morgan fingerprint density at radius 1 is 1.20 bits per heavy atom. The highest BCUT2D eigenvalue weighted by atomic mass is 79.9. The number of hydrogen-bond acceptors (Lipinski definition) is 3. The van der Waals surface area contributed by atoms with Crippen LogP contribution in [0.5, 0.6) is 11.5 Å². The first kappa shape index (κ1) is 12.2. The molecule has 84 valence electrons. The number of methoxy groups -OCH3 is 2. The second kappa shape index (κ2) is 5.26. The molecule has 0 spiro atoms.